The highest BCUT2D eigenvalue weighted by Gasteiger charge is 2.09. The number of ether oxygens (including phenoxy) is 1. The standard InChI is InChI=1S/C15H14F2N4OS/c1-9-7-10(2)21-14(18-9)19-15(20-21)23-8-11-3-5-12(6-4-11)22-13(16)17/h3-7,13H,8H2,1-2H3. The second-order valence-corrected chi connectivity index (χ2v) is 5.90. The zero-order valence-electron chi connectivity index (χ0n) is 12.5. The summed E-state index contributed by atoms with van der Waals surface area (Å²) in [7, 11) is 0. The van der Waals surface area contributed by atoms with Crippen LogP contribution in [0.2, 0.25) is 0 Å². The number of alkyl halides is 2. The quantitative estimate of drug-likeness (QED) is 0.666. The van der Waals surface area contributed by atoms with Crippen molar-refractivity contribution in [2.45, 2.75) is 31.4 Å². The summed E-state index contributed by atoms with van der Waals surface area (Å²) in [4.78, 5) is 8.73. The van der Waals surface area contributed by atoms with Crippen molar-refractivity contribution in [3.05, 3.63) is 47.3 Å². The van der Waals surface area contributed by atoms with Crippen LogP contribution in [0.25, 0.3) is 5.78 Å². The third-order valence-electron chi connectivity index (χ3n) is 3.12. The maximum Gasteiger partial charge on any atom is 0.387 e. The molecule has 0 fully saturated rings. The molecule has 1 aromatic carbocycles. The Morgan fingerprint density at radius 2 is 1.91 bits per heavy atom. The molecule has 23 heavy (non-hydrogen) atoms. The minimum Gasteiger partial charge on any atom is -0.435 e. The maximum absolute atomic E-state index is 12.1. The van der Waals surface area contributed by atoms with Gasteiger partial charge in [-0.15, -0.1) is 5.10 Å². The van der Waals surface area contributed by atoms with Gasteiger partial charge in [0.15, 0.2) is 0 Å². The summed E-state index contributed by atoms with van der Waals surface area (Å²) in [6.45, 7) is 1.06. The predicted octanol–water partition coefficient (Wildman–Crippen LogP) is 3.63. The summed E-state index contributed by atoms with van der Waals surface area (Å²) < 4.78 is 30.2. The number of hydrogen-bond acceptors (Lipinski definition) is 5. The molecule has 120 valence electrons. The molecule has 5 nitrogen and oxygen atoms in total. The molecule has 0 N–H and O–H groups in total. The lowest BCUT2D eigenvalue weighted by Crippen LogP contribution is -2.01. The molecule has 2 aromatic heterocycles. The Kier molecular flexibility index (Phi) is 4.42. The van der Waals surface area contributed by atoms with Gasteiger partial charge in [-0.1, -0.05) is 23.9 Å². The zero-order valence-corrected chi connectivity index (χ0v) is 13.3. The molecular weight excluding hydrogens is 322 g/mol. The highest BCUT2D eigenvalue weighted by atomic mass is 32.2. The molecule has 0 saturated heterocycles. The monoisotopic (exact) mass is 336 g/mol. The first-order valence-electron chi connectivity index (χ1n) is 6.89. The Labute approximate surface area is 135 Å². The average molecular weight is 336 g/mol. The van der Waals surface area contributed by atoms with Crippen molar-refractivity contribution in [1.29, 1.82) is 0 Å². The molecule has 0 amide bonds. The fourth-order valence-corrected chi connectivity index (χ4v) is 2.90. The summed E-state index contributed by atoms with van der Waals surface area (Å²) in [5, 5.41) is 5.03. The Balaban J connectivity index is 1.69. The molecule has 3 rings (SSSR count). The van der Waals surface area contributed by atoms with Crippen LogP contribution in [0.4, 0.5) is 8.78 Å². The van der Waals surface area contributed by atoms with E-state index in [9.17, 15) is 8.78 Å². The van der Waals surface area contributed by atoms with E-state index in [0.29, 0.717) is 16.7 Å². The number of halogens is 2. The summed E-state index contributed by atoms with van der Waals surface area (Å²) in [6, 6.07) is 8.47. The van der Waals surface area contributed by atoms with Crippen LogP contribution in [0, 0.1) is 13.8 Å². The van der Waals surface area contributed by atoms with Crippen molar-refractivity contribution in [3.8, 4) is 5.75 Å². The molecule has 0 saturated carbocycles. The Morgan fingerprint density at radius 3 is 2.61 bits per heavy atom. The van der Waals surface area contributed by atoms with Gasteiger partial charge in [0.05, 0.1) is 0 Å². The Morgan fingerprint density at radius 1 is 1.17 bits per heavy atom. The van der Waals surface area contributed by atoms with Crippen molar-refractivity contribution in [2.75, 3.05) is 0 Å². The van der Waals surface area contributed by atoms with Gasteiger partial charge in [-0.25, -0.2) is 9.50 Å². The number of nitrogens with zero attached hydrogens (tertiary/aromatic N) is 4. The van der Waals surface area contributed by atoms with Gasteiger partial charge in [0.1, 0.15) is 5.75 Å². The molecule has 0 aliphatic rings. The number of thioether (sulfide) groups is 1. The van der Waals surface area contributed by atoms with E-state index in [1.165, 1.54) is 23.9 Å². The molecule has 8 heteroatoms. The molecule has 0 aliphatic heterocycles. The van der Waals surface area contributed by atoms with Crippen LogP contribution < -0.4 is 4.74 Å². The second kappa shape index (κ2) is 6.49. The molecule has 3 aromatic rings. The van der Waals surface area contributed by atoms with E-state index in [1.807, 2.05) is 19.9 Å². The van der Waals surface area contributed by atoms with Crippen LogP contribution >= 0.6 is 11.8 Å². The van der Waals surface area contributed by atoms with Gasteiger partial charge in [-0.2, -0.15) is 13.8 Å². The summed E-state index contributed by atoms with van der Waals surface area (Å²) in [5.41, 5.74) is 2.84. The van der Waals surface area contributed by atoms with Gasteiger partial charge >= 0.3 is 6.61 Å². The van der Waals surface area contributed by atoms with Gasteiger partial charge in [-0.05, 0) is 37.6 Å². The lowest BCUT2D eigenvalue weighted by atomic mass is 10.2. The van der Waals surface area contributed by atoms with Crippen LogP contribution in [0.5, 0.6) is 5.75 Å². The van der Waals surface area contributed by atoms with E-state index < -0.39 is 6.61 Å². The number of hydrogen-bond donors (Lipinski definition) is 0. The normalized spacial score (nSPS) is 11.3. The van der Waals surface area contributed by atoms with Crippen LogP contribution in [-0.4, -0.2) is 26.2 Å². The third-order valence-corrected chi connectivity index (χ3v) is 4.02. The van der Waals surface area contributed by atoms with E-state index in [0.717, 1.165) is 17.0 Å². The largest absolute Gasteiger partial charge is 0.435 e. The molecule has 0 aliphatic carbocycles. The summed E-state index contributed by atoms with van der Waals surface area (Å²) >= 11 is 1.46. The molecule has 0 radical (unpaired) electrons. The highest BCUT2D eigenvalue weighted by Crippen LogP contribution is 2.22. The SMILES string of the molecule is Cc1cc(C)n2nc(SCc3ccc(OC(F)F)cc3)nc2n1. The number of aryl methyl sites for hydroxylation is 2. The van der Waals surface area contributed by atoms with Crippen LogP contribution in [0.3, 0.4) is 0 Å². The van der Waals surface area contributed by atoms with Gasteiger partial charge in [0, 0.05) is 17.1 Å². The fraction of sp³-hybridized carbons (Fsp3) is 0.267. The van der Waals surface area contributed by atoms with Gasteiger partial charge in [0.25, 0.3) is 5.78 Å². The lowest BCUT2D eigenvalue weighted by Gasteiger charge is -2.04. The van der Waals surface area contributed by atoms with E-state index in [1.54, 1.807) is 16.6 Å². The Hall–Kier alpha value is -2.22. The number of aromatic nitrogens is 4. The molecular formula is C15H14F2N4OS. The molecule has 2 heterocycles. The van der Waals surface area contributed by atoms with Crippen molar-refractivity contribution in [2.24, 2.45) is 0 Å². The highest BCUT2D eigenvalue weighted by molar-refractivity contribution is 7.98. The first kappa shape index (κ1) is 15.7. The van der Waals surface area contributed by atoms with Crippen LogP contribution in [-0.2, 0) is 5.75 Å². The van der Waals surface area contributed by atoms with Crippen molar-refractivity contribution in [1.82, 2.24) is 19.6 Å². The fourth-order valence-electron chi connectivity index (χ4n) is 2.12. The van der Waals surface area contributed by atoms with E-state index in [2.05, 4.69) is 19.8 Å². The second-order valence-electron chi connectivity index (χ2n) is 4.96. The topological polar surface area (TPSA) is 52.3 Å². The average Bonchev–Trinajstić information content (AvgIpc) is 2.89. The van der Waals surface area contributed by atoms with Crippen molar-refractivity contribution in [3.63, 3.8) is 0 Å². The van der Waals surface area contributed by atoms with E-state index >= 15 is 0 Å². The van der Waals surface area contributed by atoms with Crippen LogP contribution in [0.1, 0.15) is 17.0 Å². The molecule has 0 bridgehead atoms. The minimum absolute atomic E-state index is 0.148. The Bertz CT molecular complexity index is 820. The number of benzene rings is 1. The smallest absolute Gasteiger partial charge is 0.387 e. The minimum atomic E-state index is -2.81. The number of rotatable bonds is 5. The molecule has 0 atom stereocenters. The van der Waals surface area contributed by atoms with E-state index in [-0.39, 0.29) is 5.75 Å². The molecule has 0 spiro atoms. The van der Waals surface area contributed by atoms with E-state index in [4.69, 9.17) is 0 Å². The predicted molar refractivity (Wildman–Crippen MR) is 82.9 cm³/mol. The van der Waals surface area contributed by atoms with Crippen molar-refractivity contribution >= 4 is 17.5 Å². The zero-order chi connectivity index (χ0) is 16.4. The summed E-state index contributed by atoms with van der Waals surface area (Å²) in [6.07, 6.45) is 0. The van der Waals surface area contributed by atoms with Crippen molar-refractivity contribution < 1.29 is 13.5 Å². The first-order valence-corrected chi connectivity index (χ1v) is 7.87. The third kappa shape index (κ3) is 3.76. The first-order chi connectivity index (χ1) is 11.0. The van der Waals surface area contributed by atoms with Gasteiger partial charge in [0.2, 0.25) is 5.16 Å². The lowest BCUT2D eigenvalue weighted by molar-refractivity contribution is -0.0498. The van der Waals surface area contributed by atoms with Crippen LogP contribution in [0.15, 0.2) is 35.5 Å². The van der Waals surface area contributed by atoms with Gasteiger partial charge in [-0.3, -0.25) is 0 Å². The summed E-state index contributed by atoms with van der Waals surface area (Å²) in [5.74, 6) is 1.35. The molecule has 0 unspecified atom stereocenters. The number of fused-ring (bicyclic) bond motifs is 1. The maximum atomic E-state index is 12.1. The van der Waals surface area contributed by atoms with Gasteiger partial charge < -0.3 is 4.74 Å².